The second-order valence-electron chi connectivity index (χ2n) is 8.08. The van der Waals surface area contributed by atoms with Gasteiger partial charge < -0.3 is 5.32 Å². The molecular formula is C23H26Cl2N2O3S. The Morgan fingerprint density at radius 3 is 2.55 bits per heavy atom. The molecule has 0 aliphatic carbocycles. The Kier molecular flexibility index (Phi) is 7.47. The third kappa shape index (κ3) is 5.32. The second kappa shape index (κ2) is 9.74. The van der Waals surface area contributed by atoms with Crippen molar-refractivity contribution in [1.82, 2.24) is 9.62 Å². The van der Waals surface area contributed by atoms with Gasteiger partial charge in [-0.05, 0) is 53.7 Å². The lowest BCUT2D eigenvalue weighted by Gasteiger charge is -2.30. The van der Waals surface area contributed by atoms with Gasteiger partial charge in [-0.25, -0.2) is 8.42 Å². The van der Waals surface area contributed by atoms with Crippen LogP contribution in [0.2, 0.25) is 10.0 Å². The summed E-state index contributed by atoms with van der Waals surface area (Å²) < 4.78 is 28.4. The second-order valence-corrected chi connectivity index (χ2v) is 10.8. The summed E-state index contributed by atoms with van der Waals surface area (Å²) in [7, 11) is -3.86. The number of amides is 1. The lowest BCUT2D eigenvalue weighted by atomic mass is 10.0. The fraction of sp³-hybridized carbons (Fsp3) is 0.348. The Morgan fingerprint density at radius 1 is 1.16 bits per heavy atom. The summed E-state index contributed by atoms with van der Waals surface area (Å²) >= 11 is 12.0. The molecule has 0 radical (unpaired) electrons. The van der Waals surface area contributed by atoms with E-state index in [0.29, 0.717) is 28.5 Å². The predicted octanol–water partition coefficient (Wildman–Crippen LogP) is 5.13. The summed E-state index contributed by atoms with van der Waals surface area (Å²) in [5.41, 5.74) is 2.15. The third-order valence-electron chi connectivity index (χ3n) is 5.28. The molecule has 0 fully saturated rings. The molecule has 2 aromatic carbocycles. The Hall–Kier alpha value is -1.86. The van der Waals surface area contributed by atoms with E-state index in [1.807, 2.05) is 13.8 Å². The van der Waals surface area contributed by atoms with E-state index in [4.69, 9.17) is 23.2 Å². The number of sulfonamides is 1. The molecule has 5 nitrogen and oxygen atoms in total. The molecule has 0 saturated heterocycles. The number of hydrogen-bond acceptors (Lipinski definition) is 3. The molecule has 0 spiro atoms. The van der Waals surface area contributed by atoms with Crippen LogP contribution in [0.4, 0.5) is 0 Å². The molecule has 0 unspecified atom stereocenters. The first-order valence-electron chi connectivity index (χ1n) is 10.1. The normalized spacial score (nSPS) is 17.1. The van der Waals surface area contributed by atoms with Crippen molar-refractivity contribution in [3.8, 4) is 0 Å². The zero-order valence-electron chi connectivity index (χ0n) is 17.6. The molecule has 0 bridgehead atoms. The molecule has 0 aromatic heterocycles. The van der Waals surface area contributed by atoms with Crippen molar-refractivity contribution in [2.75, 3.05) is 6.54 Å². The van der Waals surface area contributed by atoms with Crippen molar-refractivity contribution in [2.24, 2.45) is 5.92 Å². The number of halogens is 2. The zero-order chi connectivity index (χ0) is 22.8. The van der Waals surface area contributed by atoms with Crippen molar-refractivity contribution in [3.63, 3.8) is 0 Å². The number of nitrogens with zero attached hydrogens (tertiary/aromatic N) is 1. The van der Waals surface area contributed by atoms with Gasteiger partial charge in [0.05, 0.1) is 14.9 Å². The number of nitrogens with one attached hydrogen (secondary N) is 1. The summed E-state index contributed by atoms with van der Waals surface area (Å²) in [6.07, 6.45) is 0.867. The predicted molar refractivity (Wildman–Crippen MR) is 126 cm³/mol. The first-order chi connectivity index (χ1) is 14.6. The maximum absolute atomic E-state index is 13.5. The highest BCUT2D eigenvalue weighted by Crippen LogP contribution is 2.33. The largest absolute Gasteiger partial charge is 0.351 e. The maximum Gasteiger partial charge on any atom is 0.244 e. The highest BCUT2D eigenvalue weighted by Gasteiger charge is 2.39. The van der Waals surface area contributed by atoms with E-state index < -0.39 is 16.1 Å². The molecule has 1 aliphatic heterocycles. The van der Waals surface area contributed by atoms with Crippen molar-refractivity contribution in [3.05, 3.63) is 70.2 Å². The molecule has 1 aliphatic rings. The van der Waals surface area contributed by atoms with E-state index >= 15 is 0 Å². The number of benzene rings is 2. The smallest absolute Gasteiger partial charge is 0.244 e. The number of carbonyl (C=O) groups is 1. The standard InChI is InChI=1S/C23H26Cl2N2O3S/c1-15(2)12-21(23(28)26-14-17-8-9-19(24)20(25)13-17)27-11-10-16(3)18-6-4-5-7-22(18)31(27,29)30/h4-9,13,15,21H,3,10-12,14H2,1-2H3,(H,26,28)/t21-/m1/s1. The molecule has 31 heavy (non-hydrogen) atoms. The number of hydrogen-bond donors (Lipinski definition) is 1. The summed E-state index contributed by atoms with van der Waals surface area (Å²) in [6, 6.07) is 11.1. The summed E-state index contributed by atoms with van der Waals surface area (Å²) in [5.74, 6) is -0.217. The van der Waals surface area contributed by atoms with Crippen LogP contribution in [0.3, 0.4) is 0 Å². The summed E-state index contributed by atoms with van der Waals surface area (Å²) in [5, 5.41) is 3.71. The van der Waals surface area contributed by atoms with Crippen LogP contribution < -0.4 is 5.32 Å². The highest BCUT2D eigenvalue weighted by atomic mass is 35.5. The van der Waals surface area contributed by atoms with Gasteiger partial charge >= 0.3 is 0 Å². The van der Waals surface area contributed by atoms with Crippen LogP contribution >= 0.6 is 23.2 Å². The molecular weight excluding hydrogens is 455 g/mol. The minimum Gasteiger partial charge on any atom is -0.351 e. The lowest BCUT2D eigenvalue weighted by molar-refractivity contribution is -0.125. The van der Waals surface area contributed by atoms with Gasteiger partial charge in [-0.1, -0.05) is 67.9 Å². The topological polar surface area (TPSA) is 66.5 Å². The number of rotatable bonds is 6. The lowest BCUT2D eigenvalue weighted by Crippen LogP contribution is -2.50. The molecule has 0 saturated carbocycles. The van der Waals surface area contributed by atoms with E-state index in [-0.39, 0.29) is 29.8 Å². The van der Waals surface area contributed by atoms with Crippen LogP contribution in [-0.2, 0) is 21.4 Å². The number of carbonyl (C=O) groups excluding carboxylic acids is 1. The van der Waals surface area contributed by atoms with E-state index in [1.165, 1.54) is 4.31 Å². The van der Waals surface area contributed by atoms with E-state index in [2.05, 4.69) is 11.9 Å². The van der Waals surface area contributed by atoms with E-state index in [0.717, 1.165) is 11.1 Å². The summed E-state index contributed by atoms with van der Waals surface area (Å²) in [4.78, 5) is 13.4. The van der Waals surface area contributed by atoms with Crippen LogP contribution in [-0.4, -0.2) is 31.2 Å². The molecule has 1 heterocycles. The Bertz CT molecular complexity index is 1100. The molecule has 1 amide bonds. The third-order valence-corrected chi connectivity index (χ3v) is 7.99. The van der Waals surface area contributed by atoms with Crippen molar-refractivity contribution < 1.29 is 13.2 Å². The van der Waals surface area contributed by atoms with Crippen LogP contribution in [0, 0.1) is 5.92 Å². The highest BCUT2D eigenvalue weighted by molar-refractivity contribution is 7.89. The van der Waals surface area contributed by atoms with Gasteiger partial charge in [0.1, 0.15) is 6.04 Å². The fourth-order valence-electron chi connectivity index (χ4n) is 3.69. The van der Waals surface area contributed by atoms with Crippen molar-refractivity contribution in [1.29, 1.82) is 0 Å². The maximum atomic E-state index is 13.5. The van der Waals surface area contributed by atoms with Gasteiger partial charge in [-0.3, -0.25) is 4.79 Å². The zero-order valence-corrected chi connectivity index (χ0v) is 19.9. The van der Waals surface area contributed by atoms with Gasteiger partial charge in [0.25, 0.3) is 0 Å². The van der Waals surface area contributed by atoms with Crippen LogP contribution in [0.1, 0.15) is 37.8 Å². The molecule has 3 rings (SSSR count). The minimum absolute atomic E-state index is 0.123. The monoisotopic (exact) mass is 480 g/mol. The van der Waals surface area contributed by atoms with Gasteiger partial charge in [0, 0.05) is 13.1 Å². The van der Waals surface area contributed by atoms with Gasteiger partial charge in [0.2, 0.25) is 15.9 Å². The number of fused-ring (bicyclic) bond motifs is 1. The van der Waals surface area contributed by atoms with Crippen molar-refractivity contribution >= 4 is 44.7 Å². The SMILES string of the molecule is C=C1CCN([C@H](CC(C)C)C(=O)NCc2ccc(Cl)c(Cl)c2)S(=O)(=O)c2ccccc21. The molecule has 1 N–H and O–H groups in total. The Morgan fingerprint density at radius 2 is 1.87 bits per heavy atom. The average Bonchev–Trinajstić information content (AvgIpc) is 2.82. The van der Waals surface area contributed by atoms with Crippen LogP contribution in [0.25, 0.3) is 5.57 Å². The summed E-state index contributed by atoms with van der Waals surface area (Å²) in [6.45, 7) is 8.42. The van der Waals surface area contributed by atoms with Gasteiger partial charge in [0.15, 0.2) is 0 Å². The average molecular weight is 481 g/mol. The molecule has 8 heteroatoms. The van der Waals surface area contributed by atoms with Gasteiger partial charge in [-0.15, -0.1) is 0 Å². The first kappa shape index (κ1) is 23.8. The molecule has 166 valence electrons. The molecule has 1 atom stereocenters. The van der Waals surface area contributed by atoms with E-state index in [1.54, 1.807) is 42.5 Å². The Balaban J connectivity index is 1.89. The van der Waals surface area contributed by atoms with Crippen molar-refractivity contribution in [2.45, 2.75) is 44.2 Å². The van der Waals surface area contributed by atoms with Crippen LogP contribution in [0.15, 0.2) is 53.9 Å². The van der Waals surface area contributed by atoms with Crippen LogP contribution in [0.5, 0.6) is 0 Å². The first-order valence-corrected chi connectivity index (χ1v) is 12.3. The molecule has 2 aromatic rings. The minimum atomic E-state index is -3.86. The van der Waals surface area contributed by atoms with E-state index in [9.17, 15) is 13.2 Å². The van der Waals surface area contributed by atoms with Gasteiger partial charge in [-0.2, -0.15) is 4.31 Å². The fourth-order valence-corrected chi connectivity index (χ4v) is 5.85. The quantitative estimate of drug-likeness (QED) is 0.622. The Labute approximate surface area is 194 Å².